The lowest BCUT2D eigenvalue weighted by Crippen LogP contribution is -2.54. The smallest absolute Gasteiger partial charge is 0.322 e. The van der Waals surface area contributed by atoms with Crippen molar-refractivity contribution in [2.75, 3.05) is 19.6 Å². The van der Waals surface area contributed by atoms with Gasteiger partial charge in [0.2, 0.25) is 29.5 Å². The molecular formula is C18H30N6O7. The predicted octanol–water partition coefficient (Wildman–Crippen LogP) is -3.36. The molecule has 0 aromatic carbocycles. The van der Waals surface area contributed by atoms with Gasteiger partial charge in [-0.1, -0.05) is 13.8 Å². The number of amides is 5. The average Bonchev–Trinajstić information content (AvgIpc) is 3.17. The van der Waals surface area contributed by atoms with E-state index in [1.165, 1.54) is 4.90 Å². The van der Waals surface area contributed by atoms with E-state index in [4.69, 9.17) is 16.6 Å². The van der Waals surface area contributed by atoms with Crippen molar-refractivity contribution in [3.8, 4) is 0 Å². The van der Waals surface area contributed by atoms with Crippen molar-refractivity contribution in [2.45, 2.75) is 51.2 Å². The molecule has 0 spiro atoms. The van der Waals surface area contributed by atoms with Gasteiger partial charge in [-0.2, -0.15) is 0 Å². The van der Waals surface area contributed by atoms with E-state index in [0.717, 1.165) is 0 Å². The van der Waals surface area contributed by atoms with Gasteiger partial charge in [0.15, 0.2) is 0 Å². The van der Waals surface area contributed by atoms with Crippen LogP contribution in [0.15, 0.2) is 0 Å². The van der Waals surface area contributed by atoms with Gasteiger partial charge >= 0.3 is 5.97 Å². The van der Waals surface area contributed by atoms with Crippen LogP contribution >= 0.6 is 0 Å². The van der Waals surface area contributed by atoms with Gasteiger partial charge in [-0.15, -0.1) is 0 Å². The van der Waals surface area contributed by atoms with Crippen LogP contribution in [0.5, 0.6) is 0 Å². The van der Waals surface area contributed by atoms with Crippen LogP contribution in [-0.4, -0.2) is 83.3 Å². The monoisotopic (exact) mass is 442 g/mol. The number of hydrogen-bond donors (Lipinski definition) is 6. The fraction of sp³-hybridized carbons (Fsp3) is 0.667. The van der Waals surface area contributed by atoms with Gasteiger partial charge in [-0.25, -0.2) is 0 Å². The van der Waals surface area contributed by atoms with Crippen LogP contribution in [0, 0.1) is 5.92 Å². The van der Waals surface area contributed by atoms with E-state index in [2.05, 4.69) is 10.6 Å². The molecule has 1 aliphatic rings. The Bertz CT molecular complexity index is 726. The maximum Gasteiger partial charge on any atom is 0.322 e. The SMILES string of the molecule is CC(C)[C@H](N)C(=O)N1CCC[C@H]1C(=O)NCC(=O)N[C@@H](CC(N)=O)C(=O)NCC(=O)O. The summed E-state index contributed by atoms with van der Waals surface area (Å²) in [6.45, 7) is 2.76. The maximum absolute atomic E-state index is 12.5. The standard InChI is InChI=1S/C18H30N6O7/c1-9(2)15(20)18(31)24-5-3-4-11(24)17(30)21-7-13(26)23-10(6-12(19)25)16(29)22-8-14(27)28/h9-11,15H,3-8,20H2,1-2H3,(H2,19,25)(H,21,30)(H,22,29)(H,23,26)(H,27,28)/t10-,11-,15-/m0/s1. The Kier molecular flexibility index (Phi) is 9.86. The van der Waals surface area contributed by atoms with Crippen molar-refractivity contribution in [2.24, 2.45) is 17.4 Å². The van der Waals surface area contributed by atoms with E-state index in [1.807, 2.05) is 5.32 Å². The molecule has 0 aromatic rings. The van der Waals surface area contributed by atoms with Crippen LogP contribution in [0.3, 0.4) is 0 Å². The highest BCUT2D eigenvalue weighted by atomic mass is 16.4. The summed E-state index contributed by atoms with van der Waals surface area (Å²) in [5, 5.41) is 15.3. The first-order chi connectivity index (χ1) is 14.4. The molecule has 0 aromatic heterocycles. The van der Waals surface area contributed by atoms with E-state index in [9.17, 15) is 28.8 Å². The second-order valence-electron chi connectivity index (χ2n) is 7.58. The molecule has 0 unspecified atom stereocenters. The molecule has 1 aliphatic heterocycles. The Balaban J connectivity index is 2.64. The molecule has 0 aliphatic carbocycles. The summed E-state index contributed by atoms with van der Waals surface area (Å²) in [5.41, 5.74) is 10.9. The zero-order valence-corrected chi connectivity index (χ0v) is 17.6. The lowest BCUT2D eigenvalue weighted by atomic mass is 10.0. The Morgan fingerprint density at radius 3 is 2.29 bits per heavy atom. The van der Waals surface area contributed by atoms with Crippen molar-refractivity contribution >= 4 is 35.5 Å². The van der Waals surface area contributed by atoms with E-state index in [1.54, 1.807) is 13.8 Å². The third-order valence-corrected chi connectivity index (χ3v) is 4.74. The number of likely N-dealkylation sites (tertiary alicyclic amines) is 1. The Morgan fingerprint density at radius 2 is 1.74 bits per heavy atom. The minimum atomic E-state index is -1.39. The largest absolute Gasteiger partial charge is 0.480 e. The summed E-state index contributed by atoms with van der Waals surface area (Å²) in [5.74, 6) is -4.88. The second-order valence-corrected chi connectivity index (χ2v) is 7.58. The summed E-state index contributed by atoms with van der Waals surface area (Å²) in [4.78, 5) is 72.1. The number of hydrogen-bond acceptors (Lipinski definition) is 7. The lowest BCUT2D eigenvalue weighted by molar-refractivity contribution is -0.140. The molecule has 3 atom stereocenters. The lowest BCUT2D eigenvalue weighted by Gasteiger charge is -2.28. The minimum absolute atomic E-state index is 0.1000. The van der Waals surface area contributed by atoms with Crippen LogP contribution in [0.2, 0.25) is 0 Å². The number of nitrogens with one attached hydrogen (secondary N) is 3. The van der Waals surface area contributed by atoms with E-state index < -0.39 is 67.2 Å². The summed E-state index contributed by atoms with van der Waals surface area (Å²) < 4.78 is 0. The van der Waals surface area contributed by atoms with Crippen molar-refractivity contribution in [3.63, 3.8) is 0 Å². The maximum atomic E-state index is 12.5. The molecule has 1 rings (SSSR count). The highest BCUT2D eigenvalue weighted by Gasteiger charge is 2.37. The second kappa shape index (κ2) is 11.8. The minimum Gasteiger partial charge on any atom is -0.480 e. The first kappa shape index (κ1) is 25.8. The number of carbonyl (C=O) groups excluding carboxylic acids is 5. The fourth-order valence-electron chi connectivity index (χ4n) is 3.01. The van der Waals surface area contributed by atoms with Gasteiger partial charge in [0.1, 0.15) is 18.6 Å². The first-order valence-electron chi connectivity index (χ1n) is 9.85. The third kappa shape index (κ3) is 8.20. The van der Waals surface area contributed by atoms with Crippen molar-refractivity contribution in [3.05, 3.63) is 0 Å². The summed E-state index contributed by atoms with van der Waals surface area (Å²) in [6, 6.07) is -2.89. The van der Waals surface area contributed by atoms with Gasteiger partial charge in [0.25, 0.3) is 0 Å². The van der Waals surface area contributed by atoms with Gasteiger partial charge in [0.05, 0.1) is 19.0 Å². The third-order valence-electron chi connectivity index (χ3n) is 4.74. The zero-order chi connectivity index (χ0) is 23.7. The van der Waals surface area contributed by atoms with E-state index >= 15 is 0 Å². The highest BCUT2D eigenvalue weighted by molar-refractivity contribution is 5.95. The number of aliphatic carboxylic acids is 1. The number of carbonyl (C=O) groups is 6. The number of carboxylic acid groups (broad SMARTS) is 1. The summed E-state index contributed by atoms with van der Waals surface area (Å²) in [7, 11) is 0. The molecule has 0 bridgehead atoms. The van der Waals surface area contributed by atoms with Crippen molar-refractivity contribution in [1.82, 2.24) is 20.9 Å². The molecule has 1 heterocycles. The summed E-state index contributed by atoms with van der Waals surface area (Å²) in [6.07, 6.45) is 0.486. The predicted molar refractivity (Wildman–Crippen MR) is 107 cm³/mol. The van der Waals surface area contributed by atoms with Gasteiger partial charge < -0.3 is 37.4 Å². The normalized spacial score (nSPS) is 17.5. The van der Waals surface area contributed by atoms with Crippen LogP contribution < -0.4 is 27.4 Å². The van der Waals surface area contributed by atoms with Crippen LogP contribution in [0.25, 0.3) is 0 Å². The van der Waals surface area contributed by atoms with E-state index in [0.29, 0.717) is 19.4 Å². The van der Waals surface area contributed by atoms with E-state index in [-0.39, 0.29) is 11.8 Å². The molecule has 13 heteroatoms. The zero-order valence-electron chi connectivity index (χ0n) is 17.6. The molecule has 1 saturated heterocycles. The average molecular weight is 442 g/mol. The Hall–Kier alpha value is -3.22. The Labute approximate surface area is 179 Å². The molecule has 31 heavy (non-hydrogen) atoms. The molecule has 0 saturated carbocycles. The number of nitrogens with two attached hydrogens (primary N) is 2. The topological polar surface area (TPSA) is 214 Å². The highest BCUT2D eigenvalue weighted by Crippen LogP contribution is 2.19. The first-order valence-corrected chi connectivity index (χ1v) is 9.85. The number of primary amides is 1. The quantitative estimate of drug-likeness (QED) is 0.189. The van der Waals surface area contributed by atoms with Crippen LogP contribution in [0.4, 0.5) is 0 Å². The van der Waals surface area contributed by atoms with Crippen LogP contribution in [0.1, 0.15) is 33.1 Å². The van der Waals surface area contributed by atoms with Crippen molar-refractivity contribution in [1.29, 1.82) is 0 Å². The van der Waals surface area contributed by atoms with Gasteiger partial charge in [-0.05, 0) is 18.8 Å². The van der Waals surface area contributed by atoms with Gasteiger partial charge in [0, 0.05) is 6.54 Å². The fourth-order valence-corrected chi connectivity index (χ4v) is 3.01. The number of carboxylic acids is 1. The molecule has 1 fully saturated rings. The number of rotatable bonds is 11. The molecular weight excluding hydrogens is 412 g/mol. The Morgan fingerprint density at radius 1 is 1.10 bits per heavy atom. The molecule has 13 nitrogen and oxygen atoms in total. The van der Waals surface area contributed by atoms with Crippen LogP contribution in [-0.2, 0) is 28.8 Å². The van der Waals surface area contributed by atoms with Crippen molar-refractivity contribution < 1.29 is 33.9 Å². The number of nitrogens with zero attached hydrogens (tertiary/aromatic N) is 1. The summed E-state index contributed by atoms with van der Waals surface area (Å²) >= 11 is 0. The molecule has 5 amide bonds. The molecule has 0 radical (unpaired) electrons. The molecule has 8 N–H and O–H groups in total. The van der Waals surface area contributed by atoms with Gasteiger partial charge in [-0.3, -0.25) is 28.8 Å². The molecule has 174 valence electrons.